The van der Waals surface area contributed by atoms with E-state index in [9.17, 15) is 0 Å². The molecule has 0 unspecified atom stereocenters. The van der Waals surface area contributed by atoms with E-state index in [0.29, 0.717) is 0 Å². The lowest BCUT2D eigenvalue weighted by atomic mass is 9.94. The van der Waals surface area contributed by atoms with Gasteiger partial charge in [0.1, 0.15) is 0 Å². The minimum Gasteiger partial charge on any atom is -0.357 e. The lowest BCUT2D eigenvalue weighted by Gasteiger charge is -2.36. The Balaban J connectivity index is 0.00000300. The highest BCUT2D eigenvalue weighted by Gasteiger charge is 2.21. The van der Waals surface area contributed by atoms with Crippen LogP contribution in [0.15, 0.2) is 23.5 Å². The number of anilines is 1. The van der Waals surface area contributed by atoms with Crippen LogP contribution in [-0.4, -0.2) is 84.6 Å². The van der Waals surface area contributed by atoms with Gasteiger partial charge in [0, 0.05) is 57.7 Å². The molecule has 1 saturated carbocycles. The summed E-state index contributed by atoms with van der Waals surface area (Å²) in [6.07, 6.45) is 11.7. The highest BCUT2D eigenvalue weighted by Crippen LogP contribution is 2.21. The molecule has 3 rings (SSSR count). The van der Waals surface area contributed by atoms with Gasteiger partial charge in [-0.3, -0.25) is 4.99 Å². The molecule has 1 aliphatic carbocycles. The maximum Gasteiger partial charge on any atom is 0.225 e. The number of nitrogens with zero attached hydrogens (tertiary/aromatic N) is 6. The zero-order valence-electron chi connectivity index (χ0n) is 18.1. The maximum absolute atomic E-state index is 4.91. The minimum absolute atomic E-state index is 0. The molecule has 7 nitrogen and oxygen atoms in total. The highest BCUT2D eigenvalue weighted by molar-refractivity contribution is 14.0. The molecule has 29 heavy (non-hydrogen) atoms. The molecule has 1 aromatic heterocycles. The summed E-state index contributed by atoms with van der Waals surface area (Å²) < 4.78 is 0. The van der Waals surface area contributed by atoms with E-state index in [1.165, 1.54) is 32.1 Å². The predicted molar refractivity (Wildman–Crippen MR) is 131 cm³/mol. The van der Waals surface area contributed by atoms with Gasteiger partial charge in [0.2, 0.25) is 5.95 Å². The third-order valence-corrected chi connectivity index (χ3v) is 5.88. The van der Waals surface area contributed by atoms with Crippen molar-refractivity contribution in [1.82, 2.24) is 25.1 Å². The van der Waals surface area contributed by atoms with E-state index in [1.807, 2.05) is 18.5 Å². The van der Waals surface area contributed by atoms with Crippen LogP contribution < -0.4 is 10.2 Å². The molecule has 2 heterocycles. The summed E-state index contributed by atoms with van der Waals surface area (Å²) in [5.41, 5.74) is 0. The second-order valence-electron chi connectivity index (χ2n) is 7.88. The third-order valence-electron chi connectivity index (χ3n) is 5.88. The van der Waals surface area contributed by atoms with Crippen molar-refractivity contribution in [2.75, 3.05) is 57.8 Å². The fraction of sp³-hybridized carbons (Fsp3) is 0.762. The quantitative estimate of drug-likeness (QED) is 0.261. The average Bonchev–Trinajstić information content (AvgIpc) is 2.77. The molecule has 164 valence electrons. The van der Waals surface area contributed by atoms with E-state index < -0.39 is 0 Å². The van der Waals surface area contributed by atoms with Gasteiger partial charge in [0.05, 0.1) is 0 Å². The summed E-state index contributed by atoms with van der Waals surface area (Å²) in [6, 6.07) is 2.65. The first kappa shape index (κ1) is 24.1. The Labute approximate surface area is 193 Å². The Kier molecular flexibility index (Phi) is 11.0. The van der Waals surface area contributed by atoms with E-state index in [2.05, 4.69) is 44.0 Å². The Hall–Kier alpha value is -1.16. The number of piperazine rings is 1. The van der Waals surface area contributed by atoms with E-state index in [0.717, 1.165) is 70.2 Å². The summed E-state index contributed by atoms with van der Waals surface area (Å²) in [5.74, 6) is 1.88. The molecule has 8 heteroatoms. The number of hydrogen-bond donors (Lipinski definition) is 1. The van der Waals surface area contributed by atoms with Crippen LogP contribution in [0.1, 0.15) is 45.4 Å². The molecule has 0 spiro atoms. The van der Waals surface area contributed by atoms with Crippen LogP contribution >= 0.6 is 24.0 Å². The Morgan fingerprint density at radius 3 is 2.48 bits per heavy atom. The molecule has 0 atom stereocenters. The SMILES string of the molecule is CCNC(=NCCCN(C)C1CCCCC1)N1CCN(c2ncccn2)CC1.I. The molecular weight excluding hydrogens is 477 g/mol. The van der Waals surface area contributed by atoms with Crippen LogP contribution in [-0.2, 0) is 0 Å². The molecule has 0 aromatic carbocycles. The normalized spacial score (nSPS) is 18.7. The van der Waals surface area contributed by atoms with Crippen molar-refractivity contribution in [1.29, 1.82) is 0 Å². The smallest absolute Gasteiger partial charge is 0.225 e. The van der Waals surface area contributed by atoms with E-state index in [1.54, 1.807) is 0 Å². The number of hydrogen-bond acceptors (Lipinski definition) is 5. The van der Waals surface area contributed by atoms with Crippen LogP contribution in [0, 0.1) is 0 Å². The fourth-order valence-electron chi connectivity index (χ4n) is 4.21. The van der Waals surface area contributed by atoms with Crippen LogP contribution in [0.5, 0.6) is 0 Å². The van der Waals surface area contributed by atoms with Gasteiger partial charge in [-0.05, 0) is 45.8 Å². The monoisotopic (exact) mass is 515 g/mol. The first-order valence-corrected chi connectivity index (χ1v) is 11.0. The largest absolute Gasteiger partial charge is 0.357 e. The number of aromatic nitrogens is 2. The second-order valence-corrected chi connectivity index (χ2v) is 7.88. The molecular formula is C21H38IN7. The second kappa shape index (κ2) is 13.2. The van der Waals surface area contributed by atoms with Crippen molar-refractivity contribution >= 4 is 35.9 Å². The number of halogens is 1. The summed E-state index contributed by atoms with van der Waals surface area (Å²) in [7, 11) is 2.29. The Morgan fingerprint density at radius 1 is 1.14 bits per heavy atom. The summed E-state index contributed by atoms with van der Waals surface area (Å²) >= 11 is 0. The first-order chi connectivity index (χ1) is 13.8. The van der Waals surface area contributed by atoms with E-state index in [4.69, 9.17) is 4.99 Å². The Morgan fingerprint density at radius 2 is 1.83 bits per heavy atom. The lowest BCUT2D eigenvalue weighted by Crippen LogP contribution is -2.53. The molecule has 0 bridgehead atoms. The number of rotatable bonds is 7. The first-order valence-electron chi connectivity index (χ1n) is 11.0. The van der Waals surface area contributed by atoms with Crippen molar-refractivity contribution in [2.24, 2.45) is 4.99 Å². The molecule has 1 aromatic rings. The third kappa shape index (κ3) is 7.55. The van der Waals surface area contributed by atoms with Crippen LogP contribution in [0.4, 0.5) is 5.95 Å². The zero-order chi connectivity index (χ0) is 19.6. The molecule has 2 aliphatic rings. The van der Waals surface area contributed by atoms with Crippen molar-refractivity contribution in [3.63, 3.8) is 0 Å². The van der Waals surface area contributed by atoms with Crippen LogP contribution in [0.3, 0.4) is 0 Å². The maximum atomic E-state index is 4.91. The van der Waals surface area contributed by atoms with Gasteiger partial charge in [-0.1, -0.05) is 19.3 Å². The van der Waals surface area contributed by atoms with Gasteiger partial charge in [-0.15, -0.1) is 24.0 Å². The zero-order valence-corrected chi connectivity index (χ0v) is 20.4. The van der Waals surface area contributed by atoms with Crippen LogP contribution in [0.2, 0.25) is 0 Å². The topological polar surface area (TPSA) is 59.9 Å². The predicted octanol–water partition coefficient (Wildman–Crippen LogP) is 2.84. The average molecular weight is 515 g/mol. The van der Waals surface area contributed by atoms with Gasteiger partial charge < -0.3 is 20.0 Å². The standard InChI is InChI=1S/C21H37N7.HI/c1-3-22-20(25-13-8-14-26(2)19-9-5-4-6-10-19)27-15-17-28(18-16-27)21-23-11-7-12-24-21;/h7,11-12,19H,3-6,8-10,13-18H2,1-2H3,(H,22,25);1H. The lowest BCUT2D eigenvalue weighted by molar-refractivity contribution is 0.191. The number of aliphatic imine (C=N–C) groups is 1. The molecule has 1 aliphatic heterocycles. The van der Waals surface area contributed by atoms with Gasteiger partial charge in [-0.2, -0.15) is 0 Å². The van der Waals surface area contributed by atoms with Gasteiger partial charge >= 0.3 is 0 Å². The fourth-order valence-corrected chi connectivity index (χ4v) is 4.21. The summed E-state index contributed by atoms with van der Waals surface area (Å²) in [4.78, 5) is 20.8. The van der Waals surface area contributed by atoms with Crippen molar-refractivity contribution < 1.29 is 0 Å². The Bertz CT molecular complexity index is 584. The summed E-state index contributed by atoms with van der Waals surface area (Å²) in [5, 5.41) is 3.47. The number of guanidine groups is 1. The van der Waals surface area contributed by atoms with Crippen molar-refractivity contribution in [3.8, 4) is 0 Å². The number of nitrogens with one attached hydrogen (secondary N) is 1. The van der Waals surface area contributed by atoms with Gasteiger partial charge in [0.15, 0.2) is 5.96 Å². The highest BCUT2D eigenvalue weighted by atomic mass is 127. The molecule has 0 amide bonds. The molecule has 1 N–H and O–H groups in total. The van der Waals surface area contributed by atoms with Crippen molar-refractivity contribution in [2.45, 2.75) is 51.5 Å². The summed E-state index contributed by atoms with van der Waals surface area (Å²) in [6.45, 7) is 8.84. The molecule has 1 saturated heterocycles. The minimum atomic E-state index is 0. The van der Waals surface area contributed by atoms with Gasteiger partial charge in [0.25, 0.3) is 0 Å². The van der Waals surface area contributed by atoms with E-state index >= 15 is 0 Å². The van der Waals surface area contributed by atoms with Gasteiger partial charge in [-0.25, -0.2) is 9.97 Å². The molecule has 0 radical (unpaired) electrons. The van der Waals surface area contributed by atoms with Crippen LogP contribution in [0.25, 0.3) is 0 Å². The van der Waals surface area contributed by atoms with E-state index in [-0.39, 0.29) is 24.0 Å². The van der Waals surface area contributed by atoms with Crippen molar-refractivity contribution in [3.05, 3.63) is 18.5 Å². The molecule has 2 fully saturated rings.